The highest BCUT2D eigenvalue weighted by atomic mass is 32.2. The number of para-hydroxylation sites is 1. The van der Waals surface area contributed by atoms with E-state index < -0.39 is 32.2 Å². The van der Waals surface area contributed by atoms with Crippen LogP contribution in [0.25, 0.3) is 6.08 Å². The van der Waals surface area contributed by atoms with Gasteiger partial charge in [0.25, 0.3) is 11.6 Å². The molecule has 0 saturated heterocycles. The van der Waals surface area contributed by atoms with Crippen molar-refractivity contribution < 1.29 is 27.1 Å². The molecule has 0 spiro atoms. The lowest BCUT2D eigenvalue weighted by Gasteiger charge is -2.10. The molecule has 3 aromatic rings. The summed E-state index contributed by atoms with van der Waals surface area (Å²) in [7, 11) is -2.85. The maximum atomic E-state index is 12.7. The first-order chi connectivity index (χ1) is 16.6. The van der Waals surface area contributed by atoms with Crippen LogP contribution in [-0.4, -0.2) is 26.4 Å². The molecule has 3 aromatic carbocycles. The molecule has 0 radical (unpaired) electrons. The zero-order valence-corrected chi connectivity index (χ0v) is 19.4. The Morgan fingerprint density at radius 1 is 1.11 bits per heavy atom. The average Bonchev–Trinajstić information content (AvgIpc) is 2.83. The van der Waals surface area contributed by atoms with Crippen molar-refractivity contribution in [2.45, 2.75) is 11.8 Å². The van der Waals surface area contributed by atoms with Crippen LogP contribution in [0.1, 0.15) is 11.1 Å². The van der Waals surface area contributed by atoms with E-state index in [1.54, 1.807) is 24.3 Å². The Kier molecular flexibility index (Phi) is 7.48. The van der Waals surface area contributed by atoms with E-state index in [9.17, 15) is 28.6 Å². The van der Waals surface area contributed by atoms with Gasteiger partial charge in [0.1, 0.15) is 33.7 Å². The van der Waals surface area contributed by atoms with Crippen LogP contribution in [0.3, 0.4) is 0 Å². The third kappa shape index (κ3) is 6.01. The Bertz CT molecular complexity index is 1460. The molecule has 0 aliphatic carbocycles. The predicted octanol–water partition coefficient (Wildman–Crippen LogP) is 4.23. The minimum Gasteiger partial charge on any atom is -0.496 e. The number of aryl methyl sites for hydroxylation is 1. The Labute approximate surface area is 201 Å². The molecule has 0 aliphatic heterocycles. The monoisotopic (exact) mass is 493 g/mol. The first kappa shape index (κ1) is 24.9. The van der Waals surface area contributed by atoms with Gasteiger partial charge < -0.3 is 14.2 Å². The van der Waals surface area contributed by atoms with Crippen LogP contribution < -0.4 is 14.2 Å². The normalized spacial score (nSPS) is 11.3. The lowest BCUT2D eigenvalue weighted by atomic mass is 10.1. The van der Waals surface area contributed by atoms with Crippen molar-refractivity contribution in [2.24, 2.45) is 0 Å². The number of nitrogens with one attached hydrogen (secondary N) is 1. The fourth-order valence-corrected chi connectivity index (χ4v) is 3.89. The molecule has 0 atom stereocenters. The molecule has 0 bridgehead atoms. The molecule has 0 unspecified atom stereocenters. The summed E-state index contributed by atoms with van der Waals surface area (Å²) in [5.41, 5.74) is 0.00317. The van der Waals surface area contributed by atoms with Crippen molar-refractivity contribution in [1.82, 2.24) is 0 Å². The molecular formula is C24H19N3O7S. The summed E-state index contributed by atoms with van der Waals surface area (Å²) in [4.78, 5) is 23.3. The van der Waals surface area contributed by atoms with Crippen LogP contribution in [0.4, 0.5) is 11.4 Å². The topological polar surface area (TPSA) is 149 Å². The van der Waals surface area contributed by atoms with E-state index >= 15 is 0 Å². The van der Waals surface area contributed by atoms with Crippen molar-refractivity contribution in [3.05, 3.63) is 93.5 Å². The lowest BCUT2D eigenvalue weighted by Crippen LogP contribution is -2.15. The highest BCUT2D eigenvalue weighted by molar-refractivity contribution is 7.87. The highest BCUT2D eigenvalue weighted by Crippen LogP contribution is 2.30. The Morgan fingerprint density at radius 3 is 2.43 bits per heavy atom. The number of hydrogen-bond acceptors (Lipinski definition) is 8. The number of methoxy groups -OCH3 is 1. The summed E-state index contributed by atoms with van der Waals surface area (Å²) >= 11 is 0. The Hall–Kier alpha value is -4.69. The van der Waals surface area contributed by atoms with Crippen molar-refractivity contribution in [3.8, 4) is 17.6 Å². The third-order valence-corrected chi connectivity index (χ3v) is 5.99. The van der Waals surface area contributed by atoms with Gasteiger partial charge in [-0.2, -0.15) is 13.7 Å². The van der Waals surface area contributed by atoms with Gasteiger partial charge in [0, 0.05) is 5.56 Å². The molecule has 0 saturated carbocycles. The number of anilines is 1. The van der Waals surface area contributed by atoms with Crippen molar-refractivity contribution >= 4 is 33.5 Å². The van der Waals surface area contributed by atoms with Gasteiger partial charge in [-0.1, -0.05) is 35.9 Å². The van der Waals surface area contributed by atoms with Crippen LogP contribution in [0.2, 0.25) is 0 Å². The number of carbonyl (C=O) groups excluding carboxylic acids is 1. The van der Waals surface area contributed by atoms with E-state index in [0.717, 1.165) is 17.7 Å². The summed E-state index contributed by atoms with van der Waals surface area (Å²) in [6.45, 7) is 1.81. The number of nitro groups is 1. The second-order valence-corrected chi connectivity index (χ2v) is 8.70. The third-order valence-electron chi connectivity index (χ3n) is 4.74. The van der Waals surface area contributed by atoms with Gasteiger partial charge in [-0.05, 0) is 43.3 Å². The number of nitro benzene ring substituents is 1. The standard InChI is InChI=1S/C24H19N3O7S/c1-16-7-10-20(11-8-16)35(31,32)34-23-6-4-3-5-17(23)13-18(15-25)24(28)26-21-12-9-19(33-2)14-22(21)27(29)30/h3-14H,1-2H3,(H,26,28)/b18-13+. The minimum absolute atomic E-state index is 0.0630. The lowest BCUT2D eigenvalue weighted by molar-refractivity contribution is -0.384. The highest BCUT2D eigenvalue weighted by Gasteiger charge is 2.21. The number of nitriles is 1. The van der Waals surface area contributed by atoms with Gasteiger partial charge in [0.15, 0.2) is 0 Å². The molecular weight excluding hydrogens is 474 g/mol. The van der Waals surface area contributed by atoms with Gasteiger partial charge in [0.05, 0.1) is 18.1 Å². The largest absolute Gasteiger partial charge is 0.496 e. The number of ether oxygens (including phenoxy) is 1. The number of benzene rings is 3. The second kappa shape index (κ2) is 10.5. The van der Waals surface area contributed by atoms with Crippen LogP contribution in [-0.2, 0) is 14.9 Å². The Balaban J connectivity index is 1.92. The molecule has 11 heteroatoms. The molecule has 1 amide bonds. The van der Waals surface area contributed by atoms with Crippen LogP contribution in [0.5, 0.6) is 11.5 Å². The number of hydrogen-bond donors (Lipinski definition) is 1. The quantitative estimate of drug-likeness (QED) is 0.161. The summed E-state index contributed by atoms with van der Waals surface area (Å²) in [6.07, 6.45) is 1.13. The molecule has 1 N–H and O–H groups in total. The van der Waals surface area contributed by atoms with Crippen molar-refractivity contribution in [2.75, 3.05) is 12.4 Å². The molecule has 35 heavy (non-hydrogen) atoms. The fraction of sp³-hybridized carbons (Fsp3) is 0.0833. The molecule has 0 heterocycles. The van der Waals surface area contributed by atoms with Gasteiger partial charge in [0.2, 0.25) is 0 Å². The fourth-order valence-electron chi connectivity index (χ4n) is 2.94. The van der Waals surface area contributed by atoms with Crippen molar-refractivity contribution in [1.29, 1.82) is 5.26 Å². The smallest absolute Gasteiger partial charge is 0.339 e. The second-order valence-electron chi connectivity index (χ2n) is 7.15. The molecule has 178 valence electrons. The molecule has 3 rings (SSSR count). The van der Waals surface area contributed by atoms with E-state index in [1.807, 2.05) is 6.92 Å². The number of rotatable bonds is 8. The maximum absolute atomic E-state index is 12.7. The molecule has 0 aliphatic rings. The summed E-state index contributed by atoms with van der Waals surface area (Å²) in [5.74, 6) is -0.826. The summed E-state index contributed by atoms with van der Waals surface area (Å²) in [5, 5.41) is 23.2. The number of amides is 1. The van der Waals surface area contributed by atoms with Crippen LogP contribution in [0.15, 0.2) is 77.2 Å². The maximum Gasteiger partial charge on any atom is 0.339 e. The summed E-state index contributed by atoms with van der Waals surface area (Å²) in [6, 6.07) is 17.5. The zero-order valence-electron chi connectivity index (χ0n) is 18.6. The van der Waals surface area contributed by atoms with E-state index in [1.165, 1.54) is 49.6 Å². The van der Waals surface area contributed by atoms with E-state index in [2.05, 4.69) is 5.32 Å². The zero-order chi connectivity index (χ0) is 25.6. The van der Waals surface area contributed by atoms with E-state index in [-0.39, 0.29) is 27.6 Å². The van der Waals surface area contributed by atoms with Gasteiger partial charge in [-0.25, -0.2) is 0 Å². The molecule has 0 aromatic heterocycles. The van der Waals surface area contributed by atoms with Crippen LogP contribution in [0, 0.1) is 28.4 Å². The SMILES string of the molecule is COc1ccc(NC(=O)/C(C#N)=C/c2ccccc2OS(=O)(=O)c2ccc(C)cc2)c([N+](=O)[O-])c1. The molecule has 10 nitrogen and oxygen atoms in total. The van der Waals surface area contributed by atoms with Gasteiger partial charge in [-0.15, -0.1) is 0 Å². The van der Waals surface area contributed by atoms with Crippen LogP contribution >= 0.6 is 0 Å². The van der Waals surface area contributed by atoms with E-state index in [0.29, 0.717) is 0 Å². The minimum atomic E-state index is -4.19. The number of nitrogens with zero attached hydrogens (tertiary/aromatic N) is 2. The van der Waals surface area contributed by atoms with Crippen molar-refractivity contribution in [3.63, 3.8) is 0 Å². The van der Waals surface area contributed by atoms with E-state index in [4.69, 9.17) is 8.92 Å². The average molecular weight is 493 g/mol. The van der Waals surface area contributed by atoms with Gasteiger partial charge >= 0.3 is 10.1 Å². The number of carbonyl (C=O) groups is 1. The first-order valence-corrected chi connectivity index (χ1v) is 11.4. The first-order valence-electron chi connectivity index (χ1n) is 10.0. The van der Waals surface area contributed by atoms with Gasteiger partial charge in [-0.3, -0.25) is 14.9 Å². The molecule has 0 fully saturated rings. The summed E-state index contributed by atoms with van der Waals surface area (Å²) < 4.78 is 35.6. The predicted molar refractivity (Wildman–Crippen MR) is 127 cm³/mol. The Morgan fingerprint density at radius 2 is 1.80 bits per heavy atom.